The third kappa shape index (κ3) is 17.8. The molecule has 1 heterocycles. The molecule has 1 aromatic carbocycles. The van der Waals surface area contributed by atoms with E-state index in [-0.39, 0.29) is 62.4 Å². The summed E-state index contributed by atoms with van der Waals surface area (Å²) in [6, 6.07) is 1.33. The average Bonchev–Trinajstić information content (AvgIpc) is 3.55. The molecule has 4 amide bonds. The molecule has 59 heavy (non-hydrogen) atoms. The van der Waals surface area contributed by atoms with Gasteiger partial charge in [-0.25, -0.2) is 14.0 Å². The SMILES string of the molecule is CC[C@H](C)[C@H](NC(=O)CN(CCc1ccc(O)cc1)C(=O)[C@@H]1C[C@@H](F)CN1CCCC[C@H](NC(=O)[C@H](CCCN=C(N)N)NC)C(=O)O)C(=O)N[C@@H](CC(C)C)C(=O)O. The summed E-state index contributed by atoms with van der Waals surface area (Å²) in [7, 11) is 1.59. The summed E-state index contributed by atoms with van der Waals surface area (Å²) in [5, 5.41) is 40.0. The summed E-state index contributed by atoms with van der Waals surface area (Å²) in [5.41, 5.74) is 11.4. The lowest BCUT2D eigenvalue weighted by Gasteiger charge is -2.31. The summed E-state index contributed by atoms with van der Waals surface area (Å²) in [6.07, 6.45) is 1.18. The number of hydrogen-bond donors (Lipinski definition) is 9. The van der Waals surface area contributed by atoms with Gasteiger partial charge in [-0.2, -0.15) is 0 Å². The van der Waals surface area contributed by atoms with Crippen molar-refractivity contribution in [3.63, 3.8) is 0 Å². The zero-order chi connectivity index (χ0) is 44.2. The van der Waals surface area contributed by atoms with Gasteiger partial charge in [0, 0.05) is 26.1 Å². The number of carboxylic acid groups (broad SMARTS) is 2. The van der Waals surface area contributed by atoms with Gasteiger partial charge in [0.25, 0.3) is 0 Å². The van der Waals surface area contributed by atoms with Crippen LogP contribution in [0.5, 0.6) is 5.75 Å². The van der Waals surface area contributed by atoms with Crippen molar-refractivity contribution in [2.45, 2.75) is 122 Å². The van der Waals surface area contributed by atoms with E-state index in [1.54, 1.807) is 31.0 Å². The second-order valence-corrected chi connectivity index (χ2v) is 15.7. The Kier molecular flexibility index (Phi) is 21.6. The molecule has 332 valence electrons. The van der Waals surface area contributed by atoms with Crippen LogP contribution in [-0.2, 0) is 35.2 Å². The molecule has 0 aliphatic carbocycles. The van der Waals surface area contributed by atoms with Crippen LogP contribution in [0, 0.1) is 11.8 Å². The predicted molar refractivity (Wildman–Crippen MR) is 220 cm³/mol. The van der Waals surface area contributed by atoms with Gasteiger partial charge in [-0.15, -0.1) is 0 Å². The second-order valence-electron chi connectivity index (χ2n) is 15.7. The van der Waals surface area contributed by atoms with Crippen molar-refractivity contribution in [3.8, 4) is 5.75 Å². The highest BCUT2D eigenvalue weighted by Crippen LogP contribution is 2.24. The summed E-state index contributed by atoms with van der Waals surface area (Å²) in [4.78, 5) is 84.9. The zero-order valence-electron chi connectivity index (χ0n) is 35.0. The number of rotatable bonds is 27. The number of nitrogens with zero attached hydrogens (tertiary/aromatic N) is 3. The van der Waals surface area contributed by atoms with Gasteiger partial charge < -0.3 is 53.0 Å². The predicted octanol–water partition coefficient (Wildman–Crippen LogP) is 0.703. The van der Waals surface area contributed by atoms with Crippen molar-refractivity contribution < 1.29 is 48.5 Å². The lowest BCUT2D eigenvalue weighted by molar-refractivity contribution is -0.143. The molecule has 0 aromatic heterocycles. The topological polar surface area (TPSA) is 282 Å². The summed E-state index contributed by atoms with van der Waals surface area (Å²) < 4.78 is 15.0. The molecule has 1 aliphatic heterocycles. The Hall–Kier alpha value is -5.04. The monoisotopic (exact) mass is 835 g/mol. The zero-order valence-corrected chi connectivity index (χ0v) is 35.0. The summed E-state index contributed by atoms with van der Waals surface area (Å²) in [6.45, 7) is 7.33. The average molecular weight is 836 g/mol. The Bertz CT molecular complexity index is 1560. The number of alkyl halides is 1. The van der Waals surface area contributed by atoms with Crippen molar-refractivity contribution in [1.82, 2.24) is 31.1 Å². The lowest BCUT2D eigenvalue weighted by atomic mass is 9.97. The van der Waals surface area contributed by atoms with E-state index in [9.17, 15) is 44.1 Å². The first-order valence-electron chi connectivity index (χ1n) is 20.4. The molecule has 2 rings (SSSR count). The van der Waals surface area contributed by atoms with Crippen LogP contribution < -0.4 is 32.7 Å². The minimum atomic E-state index is -1.33. The number of amides is 4. The van der Waals surface area contributed by atoms with Gasteiger partial charge in [-0.05, 0) is 88.1 Å². The number of likely N-dealkylation sites (tertiary alicyclic amines) is 1. The third-order valence-electron chi connectivity index (χ3n) is 10.4. The number of aromatic hydroxyl groups is 1. The second kappa shape index (κ2) is 25.4. The number of phenols is 1. The number of halogens is 1. The van der Waals surface area contributed by atoms with E-state index in [0.717, 1.165) is 5.56 Å². The molecule has 1 aromatic rings. The van der Waals surface area contributed by atoms with Gasteiger partial charge >= 0.3 is 11.9 Å². The number of aliphatic carboxylic acids is 2. The van der Waals surface area contributed by atoms with Crippen LogP contribution in [0.4, 0.5) is 4.39 Å². The molecule has 18 nitrogen and oxygen atoms in total. The van der Waals surface area contributed by atoms with E-state index < -0.39 is 78.5 Å². The molecular formula is C40H66FN9O9. The van der Waals surface area contributed by atoms with Crippen molar-refractivity contribution in [2.24, 2.45) is 28.3 Å². The van der Waals surface area contributed by atoms with Crippen LogP contribution in [0.2, 0.25) is 0 Å². The molecule has 1 fully saturated rings. The quantitative estimate of drug-likeness (QED) is 0.0336. The minimum absolute atomic E-state index is 0.0222. The first kappa shape index (κ1) is 50.1. The van der Waals surface area contributed by atoms with Crippen LogP contribution in [0.3, 0.4) is 0 Å². The largest absolute Gasteiger partial charge is 0.508 e. The molecule has 0 radical (unpaired) electrons. The van der Waals surface area contributed by atoms with Gasteiger partial charge in [0.2, 0.25) is 23.6 Å². The molecule has 0 saturated carbocycles. The minimum Gasteiger partial charge on any atom is -0.508 e. The number of guanidine groups is 1. The molecule has 11 N–H and O–H groups in total. The van der Waals surface area contributed by atoms with Gasteiger partial charge in [0.1, 0.15) is 30.0 Å². The number of unbranched alkanes of at least 4 members (excludes halogenated alkanes) is 1. The number of carboxylic acids is 2. The van der Waals surface area contributed by atoms with Crippen LogP contribution in [-0.4, -0.2) is 143 Å². The molecule has 0 bridgehead atoms. The number of nitrogens with two attached hydrogens (primary N) is 2. The highest BCUT2D eigenvalue weighted by Gasteiger charge is 2.40. The fourth-order valence-corrected chi connectivity index (χ4v) is 6.91. The number of benzene rings is 1. The van der Waals surface area contributed by atoms with Crippen LogP contribution in [0.1, 0.15) is 84.6 Å². The summed E-state index contributed by atoms with van der Waals surface area (Å²) in [5.74, 6) is -5.12. The number of likely N-dealkylation sites (N-methyl/N-ethyl adjacent to an activating group) is 1. The number of phenolic OH excluding ortho intramolecular Hbond substituents is 1. The van der Waals surface area contributed by atoms with Gasteiger partial charge in [0.05, 0.1) is 18.6 Å². The fraction of sp³-hybridized carbons (Fsp3) is 0.675. The highest BCUT2D eigenvalue weighted by molar-refractivity contribution is 5.93. The number of hydrogen-bond acceptors (Lipinski definition) is 10. The van der Waals surface area contributed by atoms with Gasteiger partial charge in [-0.1, -0.05) is 46.2 Å². The Morgan fingerprint density at radius 1 is 0.915 bits per heavy atom. The van der Waals surface area contributed by atoms with Crippen molar-refractivity contribution in [2.75, 3.05) is 39.8 Å². The van der Waals surface area contributed by atoms with E-state index in [1.807, 2.05) is 20.8 Å². The van der Waals surface area contributed by atoms with Crippen molar-refractivity contribution in [3.05, 3.63) is 29.8 Å². The third-order valence-corrected chi connectivity index (χ3v) is 10.4. The van der Waals surface area contributed by atoms with Gasteiger partial charge in [0.15, 0.2) is 5.96 Å². The Morgan fingerprint density at radius 3 is 2.12 bits per heavy atom. The fourth-order valence-electron chi connectivity index (χ4n) is 6.91. The van der Waals surface area contributed by atoms with Crippen molar-refractivity contribution in [1.29, 1.82) is 0 Å². The Morgan fingerprint density at radius 2 is 1.54 bits per heavy atom. The number of carbonyl (C=O) groups excluding carboxylic acids is 4. The van der Waals surface area contributed by atoms with E-state index >= 15 is 4.39 Å². The first-order valence-corrected chi connectivity index (χ1v) is 20.4. The Balaban J connectivity index is 2.17. The smallest absolute Gasteiger partial charge is 0.326 e. The molecule has 0 spiro atoms. The molecule has 1 saturated heterocycles. The molecule has 19 heteroatoms. The number of aliphatic imine (C=N–C) groups is 1. The van der Waals surface area contributed by atoms with E-state index in [2.05, 4.69) is 26.3 Å². The van der Waals surface area contributed by atoms with E-state index in [4.69, 9.17) is 11.5 Å². The Labute approximate surface area is 346 Å². The first-order chi connectivity index (χ1) is 27.9. The molecule has 1 aliphatic rings. The maximum Gasteiger partial charge on any atom is 0.326 e. The maximum absolute atomic E-state index is 15.0. The van der Waals surface area contributed by atoms with Crippen LogP contribution in [0.25, 0.3) is 0 Å². The summed E-state index contributed by atoms with van der Waals surface area (Å²) >= 11 is 0. The normalized spacial score (nSPS) is 17.9. The van der Waals surface area contributed by atoms with Crippen LogP contribution >= 0.6 is 0 Å². The molecule has 0 unspecified atom stereocenters. The standard InChI is InChI=1S/C40H66FN9O9/c1-6-25(4)34(36(54)47-31(39(58)59)20-24(2)3)48-33(52)23-50(19-16-26-12-14-28(51)15-13-26)37(55)32-21-27(41)22-49(32)18-8-7-10-30(38(56)57)46-35(53)29(44-5)11-9-17-45-40(42)43/h12-15,24-25,27,29-32,34,44,51H,6-11,16-23H2,1-5H3,(H,46,53)(H,47,54)(H,48,52)(H,56,57)(H,58,59)(H4,42,43,45)/t25-,27+,29-,30-,31-,32-,34-/m0/s1. The lowest BCUT2D eigenvalue weighted by Crippen LogP contribution is -2.56. The number of carbonyl (C=O) groups is 6. The van der Waals surface area contributed by atoms with E-state index in [0.29, 0.717) is 45.1 Å². The maximum atomic E-state index is 15.0. The van der Waals surface area contributed by atoms with E-state index in [1.165, 1.54) is 17.0 Å². The molecule has 7 atom stereocenters. The molecular weight excluding hydrogens is 769 g/mol. The number of nitrogens with one attached hydrogen (secondary N) is 4. The van der Waals surface area contributed by atoms with Crippen LogP contribution in [0.15, 0.2) is 29.3 Å². The van der Waals surface area contributed by atoms with Gasteiger partial charge in [-0.3, -0.25) is 29.1 Å². The van der Waals surface area contributed by atoms with Crippen molar-refractivity contribution >= 4 is 41.5 Å². The highest BCUT2D eigenvalue weighted by atomic mass is 19.1.